The molecule has 1 rings (SSSR count). The predicted molar refractivity (Wildman–Crippen MR) is 73.9 cm³/mol. The Labute approximate surface area is 107 Å². The molecule has 98 valence electrons. The average molecular weight is 236 g/mol. The Kier molecular flexibility index (Phi) is 4.22. The third kappa shape index (κ3) is 2.48. The molecule has 0 aromatic rings. The largest absolute Gasteiger partial charge is 0.299 e. The summed E-state index contributed by atoms with van der Waals surface area (Å²) in [5.41, 5.74) is -0.0691. The molecule has 0 aromatic heterocycles. The fourth-order valence-electron chi connectivity index (χ4n) is 3.44. The van der Waals surface area contributed by atoms with Crippen molar-refractivity contribution < 1.29 is 4.79 Å². The zero-order valence-corrected chi connectivity index (χ0v) is 12.2. The van der Waals surface area contributed by atoms with E-state index in [9.17, 15) is 4.79 Å². The fourth-order valence-corrected chi connectivity index (χ4v) is 3.44. The van der Waals surface area contributed by atoms with E-state index >= 15 is 0 Å². The first-order valence-corrected chi connectivity index (χ1v) is 6.89. The molecule has 0 N–H and O–H groups in total. The third-order valence-corrected chi connectivity index (χ3v) is 5.38. The van der Waals surface area contributed by atoms with Gasteiger partial charge in [-0.3, -0.25) is 4.79 Å². The predicted octanol–water partition coefficient (Wildman–Crippen LogP) is 4.62. The second-order valence-electron chi connectivity index (χ2n) is 6.69. The second kappa shape index (κ2) is 4.96. The van der Waals surface area contributed by atoms with Gasteiger partial charge in [0.25, 0.3) is 0 Å². The third-order valence-electron chi connectivity index (χ3n) is 5.38. The van der Waals surface area contributed by atoms with Gasteiger partial charge in [0.15, 0.2) is 0 Å². The molecule has 1 fully saturated rings. The number of allylic oxidation sites excluding steroid dienone is 1. The summed E-state index contributed by atoms with van der Waals surface area (Å²) in [7, 11) is 0. The monoisotopic (exact) mass is 236 g/mol. The number of Topliss-reactive ketones (excluding diaryl/α,β-unsaturated/α-hetero) is 1. The van der Waals surface area contributed by atoms with Gasteiger partial charge in [-0.15, -0.1) is 6.58 Å². The van der Waals surface area contributed by atoms with Crippen LogP contribution in [0.2, 0.25) is 0 Å². The van der Waals surface area contributed by atoms with Crippen LogP contribution in [-0.2, 0) is 4.79 Å². The maximum Gasteiger partial charge on any atom is 0.136 e. The Morgan fingerprint density at radius 3 is 2.47 bits per heavy atom. The highest BCUT2D eigenvalue weighted by atomic mass is 16.1. The summed E-state index contributed by atoms with van der Waals surface area (Å²) in [6.45, 7) is 14.6. The molecule has 0 aliphatic heterocycles. The molecule has 3 atom stereocenters. The van der Waals surface area contributed by atoms with E-state index in [2.05, 4.69) is 34.3 Å². The lowest BCUT2D eigenvalue weighted by Crippen LogP contribution is -2.48. The highest BCUT2D eigenvalue weighted by Gasteiger charge is 2.51. The quantitative estimate of drug-likeness (QED) is 0.651. The highest BCUT2D eigenvalue weighted by molar-refractivity contribution is 5.83. The van der Waals surface area contributed by atoms with Crippen LogP contribution in [0.3, 0.4) is 0 Å². The maximum absolute atomic E-state index is 12.1. The molecule has 0 spiro atoms. The van der Waals surface area contributed by atoms with Crippen molar-refractivity contribution in [1.29, 1.82) is 0 Å². The molecule has 1 aliphatic rings. The summed E-state index contributed by atoms with van der Waals surface area (Å²) >= 11 is 0. The van der Waals surface area contributed by atoms with Gasteiger partial charge in [0, 0.05) is 5.41 Å². The Bertz CT molecular complexity index is 305. The number of carbonyl (C=O) groups excluding carboxylic acids is 1. The van der Waals surface area contributed by atoms with Crippen molar-refractivity contribution in [3.05, 3.63) is 12.7 Å². The van der Waals surface area contributed by atoms with Gasteiger partial charge in [-0.2, -0.15) is 0 Å². The summed E-state index contributed by atoms with van der Waals surface area (Å²) < 4.78 is 0. The summed E-state index contributed by atoms with van der Waals surface area (Å²) in [4.78, 5) is 12.1. The number of hydrogen-bond acceptors (Lipinski definition) is 1. The van der Waals surface area contributed by atoms with Crippen molar-refractivity contribution in [1.82, 2.24) is 0 Å². The van der Waals surface area contributed by atoms with Gasteiger partial charge in [0.05, 0.1) is 0 Å². The molecule has 0 saturated heterocycles. The van der Waals surface area contributed by atoms with Crippen molar-refractivity contribution in [3.8, 4) is 0 Å². The van der Waals surface area contributed by atoms with E-state index in [-0.39, 0.29) is 10.8 Å². The summed E-state index contributed by atoms with van der Waals surface area (Å²) in [6.07, 6.45) is 6.39. The van der Waals surface area contributed by atoms with Gasteiger partial charge < -0.3 is 0 Å². The van der Waals surface area contributed by atoms with Crippen LogP contribution >= 0.6 is 0 Å². The minimum Gasteiger partial charge on any atom is -0.299 e. The number of hydrogen-bond donors (Lipinski definition) is 0. The van der Waals surface area contributed by atoms with Crippen molar-refractivity contribution in [2.45, 2.75) is 60.3 Å². The molecule has 0 unspecified atom stereocenters. The second-order valence-corrected chi connectivity index (χ2v) is 6.69. The van der Waals surface area contributed by atoms with Crippen LogP contribution in [0.15, 0.2) is 12.7 Å². The molecule has 0 heterocycles. The number of carbonyl (C=O) groups is 1. The summed E-state index contributed by atoms with van der Waals surface area (Å²) in [6, 6.07) is 0. The molecule has 1 heteroatoms. The molecule has 0 amide bonds. The van der Waals surface area contributed by atoms with Crippen LogP contribution < -0.4 is 0 Å². The lowest BCUT2D eigenvalue weighted by molar-refractivity contribution is -0.139. The first kappa shape index (κ1) is 14.5. The van der Waals surface area contributed by atoms with E-state index in [0.717, 1.165) is 19.3 Å². The first-order chi connectivity index (χ1) is 7.77. The molecule has 0 aromatic carbocycles. The Morgan fingerprint density at radius 1 is 1.47 bits per heavy atom. The molecule has 1 aliphatic carbocycles. The fraction of sp³-hybridized carbons (Fsp3) is 0.812. The zero-order chi connectivity index (χ0) is 13.3. The Hall–Kier alpha value is -0.590. The Morgan fingerprint density at radius 2 is 2.06 bits per heavy atom. The van der Waals surface area contributed by atoms with E-state index in [1.165, 1.54) is 6.42 Å². The molecular weight excluding hydrogens is 208 g/mol. The number of rotatable bonds is 4. The van der Waals surface area contributed by atoms with Crippen LogP contribution in [0.25, 0.3) is 0 Å². The molecular formula is C16H28O. The van der Waals surface area contributed by atoms with E-state index in [1.54, 1.807) is 6.92 Å². The maximum atomic E-state index is 12.1. The number of ketones is 1. The van der Waals surface area contributed by atoms with E-state index in [0.29, 0.717) is 17.6 Å². The van der Waals surface area contributed by atoms with Crippen molar-refractivity contribution in [3.63, 3.8) is 0 Å². The van der Waals surface area contributed by atoms with Crippen molar-refractivity contribution in [2.75, 3.05) is 0 Å². The van der Waals surface area contributed by atoms with Gasteiger partial charge in [0.1, 0.15) is 5.78 Å². The van der Waals surface area contributed by atoms with Gasteiger partial charge in [-0.25, -0.2) is 0 Å². The van der Waals surface area contributed by atoms with Crippen LogP contribution in [0.4, 0.5) is 0 Å². The van der Waals surface area contributed by atoms with E-state index < -0.39 is 0 Å². The van der Waals surface area contributed by atoms with Crippen LogP contribution in [0.1, 0.15) is 60.3 Å². The SMILES string of the molecule is C=CC[C@@]1(C)CC[C@@H](C(C)C)C[C@@]1(C)C(C)=O. The topological polar surface area (TPSA) is 17.1 Å². The minimum absolute atomic E-state index is 0.103. The van der Waals surface area contributed by atoms with Gasteiger partial charge >= 0.3 is 0 Å². The average Bonchev–Trinajstić information content (AvgIpc) is 2.22. The lowest BCUT2D eigenvalue weighted by Gasteiger charge is -2.52. The van der Waals surface area contributed by atoms with E-state index in [4.69, 9.17) is 0 Å². The van der Waals surface area contributed by atoms with Crippen LogP contribution in [0.5, 0.6) is 0 Å². The van der Waals surface area contributed by atoms with Crippen LogP contribution in [0, 0.1) is 22.7 Å². The molecule has 1 nitrogen and oxygen atoms in total. The van der Waals surface area contributed by atoms with Crippen molar-refractivity contribution in [2.24, 2.45) is 22.7 Å². The van der Waals surface area contributed by atoms with Crippen molar-refractivity contribution >= 4 is 5.78 Å². The minimum atomic E-state index is -0.172. The van der Waals surface area contributed by atoms with Gasteiger partial charge in [-0.05, 0) is 49.9 Å². The highest BCUT2D eigenvalue weighted by Crippen LogP contribution is 2.56. The zero-order valence-electron chi connectivity index (χ0n) is 12.2. The normalized spacial score (nSPS) is 38.1. The van der Waals surface area contributed by atoms with E-state index in [1.807, 2.05) is 6.08 Å². The standard InChI is InChI=1S/C16H28O/c1-7-9-15(5)10-8-14(12(2)3)11-16(15,6)13(4)17/h7,12,14H,1,8-11H2,2-6H3/t14-,15+,16+/m1/s1. The van der Waals surface area contributed by atoms with Crippen LogP contribution in [-0.4, -0.2) is 5.78 Å². The molecule has 0 radical (unpaired) electrons. The van der Waals surface area contributed by atoms with Gasteiger partial charge in [-0.1, -0.05) is 33.8 Å². The summed E-state index contributed by atoms with van der Waals surface area (Å²) in [5.74, 6) is 1.73. The van der Waals surface area contributed by atoms with Gasteiger partial charge in [0.2, 0.25) is 0 Å². The Balaban J connectivity index is 3.03. The lowest BCUT2D eigenvalue weighted by atomic mass is 9.51. The molecule has 17 heavy (non-hydrogen) atoms. The first-order valence-electron chi connectivity index (χ1n) is 6.89. The molecule has 1 saturated carbocycles. The molecule has 0 bridgehead atoms. The summed E-state index contributed by atoms with van der Waals surface area (Å²) in [5, 5.41) is 0. The smallest absolute Gasteiger partial charge is 0.136 e.